The number of hydrogen-bond donors (Lipinski definition) is 2. The second-order valence-electron chi connectivity index (χ2n) is 6.17. The van der Waals surface area contributed by atoms with Crippen LogP contribution in [0.4, 0.5) is 10.5 Å². The number of methoxy groups -OCH3 is 2. The average molecular weight is 385 g/mol. The highest BCUT2D eigenvalue weighted by atomic mass is 16.5. The van der Waals surface area contributed by atoms with Crippen LogP contribution in [0.15, 0.2) is 36.4 Å². The third-order valence-electron chi connectivity index (χ3n) is 4.59. The highest BCUT2D eigenvalue weighted by Gasteiger charge is 2.22. The molecule has 3 N–H and O–H groups in total. The molecule has 2 aromatic rings. The fourth-order valence-corrected chi connectivity index (χ4v) is 3.14. The maximum Gasteiger partial charge on any atom is 0.321 e. The monoisotopic (exact) mass is 385 g/mol. The third kappa shape index (κ3) is 4.54. The Bertz CT molecular complexity index is 852. The Morgan fingerprint density at radius 3 is 2.36 bits per heavy atom. The molecule has 0 aliphatic rings. The first-order chi connectivity index (χ1) is 13.5. The van der Waals surface area contributed by atoms with Gasteiger partial charge in [0.1, 0.15) is 0 Å². The lowest BCUT2D eigenvalue weighted by molar-refractivity contribution is 0.0815. The number of anilines is 1. The zero-order valence-electron chi connectivity index (χ0n) is 16.7. The Morgan fingerprint density at radius 1 is 1.07 bits per heavy atom. The summed E-state index contributed by atoms with van der Waals surface area (Å²) in [5.74, 6) is 0.950. The second-order valence-corrected chi connectivity index (χ2v) is 6.17. The Balaban J connectivity index is 2.27. The minimum absolute atomic E-state index is 0.215. The molecular weight excluding hydrogens is 358 g/mol. The summed E-state index contributed by atoms with van der Waals surface area (Å²) < 4.78 is 10.6. The molecule has 7 heteroatoms. The molecule has 0 fully saturated rings. The second kappa shape index (κ2) is 9.64. The average Bonchev–Trinajstić information content (AvgIpc) is 2.71. The van der Waals surface area contributed by atoms with E-state index in [1.165, 1.54) is 0 Å². The predicted octanol–water partition coefficient (Wildman–Crippen LogP) is 3.07. The van der Waals surface area contributed by atoms with Gasteiger partial charge in [-0.25, -0.2) is 4.79 Å². The van der Waals surface area contributed by atoms with Crippen LogP contribution in [0.2, 0.25) is 0 Å². The van der Waals surface area contributed by atoms with Crippen molar-refractivity contribution in [1.82, 2.24) is 4.90 Å². The van der Waals surface area contributed by atoms with E-state index < -0.39 is 11.9 Å². The Hall–Kier alpha value is -3.22. The first-order valence-corrected chi connectivity index (χ1v) is 9.08. The van der Waals surface area contributed by atoms with Gasteiger partial charge >= 0.3 is 6.03 Å². The summed E-state index contributed by atoms with van der Waals surface area (Å²) in [6.07, 6.45) is 1.45. The third-order valence-corrected chi connectivity index (χ3v) is 4.59. The quantitative estimate of drug-likeness (QED) is 0.728. The molecule has 2 aromatic carbocycles. The number of primary amides is 1. The highest BCUT2D eigenvalue weighted by molar-refractivity contribution is 6.07. The lowest BCUT2D eigenvalue weighted by Gasteiger charge is -2.20. The van der Waals surface area contributed by atoms with Crippen LogP contribution in [0.25, 0.3) is 0 Å². The molecule has 0 saturated carbocycles. The summed E-state index contributed by atoms with van der Waals surface area (Å²) in [4.78, 5) is 25.3. The molecule has 0 atom stereocenters. The van der Waals surface area contributed by atoms with E-state index in [1.54, 1.807) is 34.3 Å². The smallest absolute Gasteiger partial charge is 0.321 e. The van der Waals surface area contributed by atoms with Gasteiger partial charge in [-0.2, -0.15) is 0 Å². The molecule has 0 aromatic heterocycles. The molecule has 0 radical (unpaired) electrons. The zero-order valence-corrected chi connectivity index (χ0v) is 16.7. The van der Waals surface area contributed by atoms with E-state index in [9.17, 15) is 9.59 Å². The number of imide groups is 1. The van der Waals surface area contributed by atoms with Crippen molar-refractivity contribution in [2.24, 2.45) is 5.73 Å². The van der Waals surface area contributed by atoms with Crippen LogP contribution in [0, 0.1) is 0 Å². The number of urea groups is 1. The maximum atomic E-state index is 12.7. The van der Waals surface area contributed by atoms with Crippen LogP contribution < -0.4 is 20.5 Å². The first kappa shape index (κ1) is 21.1. The topological polar surface area (TPSA) is 93.9 Å². The summed E-state index contributed by atoms with van der Waals surface area (Å²) in [5.41, 5.74) is 8.51. The molecule has 0 aliphatic carbocycles. The standard InChI is InChI=1S/C21H27N3O4/c1-5-24(21(22)26)20(25)16-8-6-7-15(19(16)23-2)11-9-14-10-12-17(27-3)18(13-14)28-4/h6-8,10,12-13,23H,5,9,11H2,1-4H3,(H2,22,26). The fraction of sp³-hybridized carbons (Fsp3) is 0.333. The number of aryl methyl sites for hydroxylation is 2. The molecule has 2 rings (SSSR count). The number of nitrogens with one attached hydrogen (secondary N) is 1. The summed E-state index contributed by atoms with van der Waals surface area (Å²) in [7, 11) is 4.96. The lowest BCUT2D eigenvalue weighted by Crippen LogP contribution is -2.40. The van der Waals surface area contributed by atoms with Crippen LogP contribution in [0.1, 0.15) is 28.4 Å². The summed E-state index contributed by atoms with van der Waals surface area (Å²) in [6.45, 7) is 1.93. The van der Waals surface area contributed by atoms with Gasteiger partial charge in [-0.1, -0.05) is 18.2 Å². The summed E-state index contributed by atoms with van der Waals surface area (Å²) >= 11 is 0. The number of hydrogen-bond acceptors (Lipinski definition) is 5. The van der Waals surface area contributed by atoms with E-state index >= 15 is 0 Å². The molecule has 0 unspecified atom stereocenters. The number of carbonyl (C=O) groups is 2. The van der Waals surface area contributed by atoms with E-state index in [2.05, 4.69) is 5.32 Å². The van der Waals surface area contributed by atoms with Gasteiger partial charge in [0.15, 0.2) is 11.5 Å². The summed E-state index contributed by atoms with van der Waals surface area (Å²) in [6, 6.07) is 10.5. The van der Waals surface area contributed by atoms with E-state index in [0.717, 1.165) is 22.4 Å². The van der Waals surface area contributed by atoms with Crippen molar-refractivity contribution in [3.63, 3.8) is 0 Å². The van der Waals surface area contributed by atoms with E-state index in [-0.39, 0.29) is 6.54 Å². The maximum absolute atomic E-state index is 12.7. The molecule has 0 bridgehead atoms. The molecule has 7 nitrogen and oxygen atoms in total. The van der Waals surface area contributed by atoms with Gasteiger partial charge in [0.25, 0.3) is 5.91 Å². The van der Waals surface area contributed by atoms with Gasteiger partial charge in [-0.15, -0.1) is 0 Å². The molecular formula is C21H27N3O4. The van der Waals surface area contributed by atoms with Gasteiger partial charge in [0.2, 0.25) is 0 Å². The Kier molecular flexibility index (Phi) is 7.26. The van der Waals surface area contributed by atoms with Crippen molar-refractivity contribution in [3.8, 4) is 11.5 Å². The molecule has 0 spiro atoms. The van der Waals surface area contributed by atoms with Crippen molar-refractivity contribution < 1.29 is 19.1 Å². The van der Waals surface area contributed by atoms with Crippen molar-refractivity contribution in [2.75, 3.05) is 33.1 Å². The van der Waals surface area contributed by atoms with Gasteiger partial charge in [-0.3, -0.25) is 9.69 Å². The normalized spacial score (nSPS) is 10.3. The van der Waals surface area contributed by atoms with Crippen LogP contribution >= 0.6 is 0 Å². The predicted molar refractivity (Wildman–Crippen MR) is 109 cm³/mol. The minimum Gasteiger partial charge on any atom is -0.493 e. The molecule has 0 aliphatic heterocycles. The van der Waals surface area contributed by atoms with Crippen LogP contribution in [0.3, 0.4) is 0 Å². The number of para-hydroxylation sites is 1. The van der Waals surface area contributed by atoms with Crippen molar-refractivity contribution in [1.29, 1.82) is 0 Å². The minimum atomic E-state index is -0.759. The van der Waals surface area contributed by atoms with Crippen LogP contribution in [0.5, 0.6) is 11.5 Å². The van der Waals surface area contributed by atoms with Crippen molar-refractivity contribution in [3.05, 3.63) is 53.1 Å². The molecule has 28 heavy (non-hydrogen) atoms. The van der Waals surface area contributed by atoms with Crippen molar-refractivity contribution >= 4 is 17.6 Å². The Labute approximate surface area is 165 Å². The van der Waals surface area contributed by atoms with E-state index in [0.29, 0.717) is 29.2 Å². The lowest BCUT2D eigenvalue weighted by atomic mass is 9.99. The fourth-order valence-electron chi connectivity index (χ4n) is 3.14. The highest BCUT2D eigenvalue weighted by Crippen LogP contribution is 2.29. The summed E-state index contributed by atoms with van der Waals surface area (Å²) in [5, 5.41) is 3.10. The largest absolute Gasteiger partial charge is 0.493 e. The molecule has 0 saturated heterocycles. The van der Waals surface area contributed by atoms with Crippen molar-refractivity contribution in [2.45, 2.75) is 19.8 Å². The SMILES string of the molecule is CCN(C(N)=O)C(=O)c1cccc(CCc2ccc(OC)c(OC)c2)c1NC. The van der Waals surface area contributed by atoms with Gasteiger partial charge in [0.05, 0.1) is 19.8 Å². The Morgan fingerprint density at radius 2 is 1.79 bits per heavy atom. The van der Waals surface area contributed by atoms with Gasteiger partial charge in [0, 0.05) is 19.3 Å². The zero-order chi connectivity index (χ0) is 20.7. The molecule has 3 amide bonds. The number of carbonyl (C=O) groups excluding carboxylic acids is 2. The number of benzene rings is 2. The van der Waals surface area contributed by atoms with Gasteiger partial charge in [-0.05, 0) is 49.1 Å². The number of nitrogens with zero attached hydrogens (tertiary/aromatic N) is 1. The molecule has 150 valence electrons. The number of ether oxygens (including phenoxy) is 2. The molecule has 0 heterocycles. The van der Waals surface area contributed by atoms with Crippen LogP contribution in [-0.2, 0) is 12.8 Å². The van der Waals surface area contributed by atoms with E-state index in [4.69, 9.17) is 15.2 Å². The number of nitrogens with two attached hydrogens (primary N) is 1. The van der Waals surface area contributed by atoms with Gasteiger partial charge < -0.3 is 20.5 Å². The van der Waals surface area contributed by atoms with E-state index in [1.807, 2.05) is 30.3 Å². The number of amides is 3. The number of rotatable bonds is 8. The van der Waals surface area contributed by atoms with Crippen LogP contribution in [-0.4, -0.2) is 44.7 Å². The first-order valence-electron chi connectivity index (χ1n) is 9.08.